The molecule has 0 saturated carbocycles. The Kier molecular flexibility index (Phi) is 3.88. The molecule has 1 aromatic carbocycles. The fraction of sp³-hybridized carbons (Fsp3) is 0. The van der Waals surface area contributed by atoms with E-state index >= 15 is 0 Å². The van der Waals surface area contributed by atoms with Crippen LogP contribution in [0.4, 0.5) is 10.1 Å². The van der Waals surface area contributed by atoms with Crippen molar-refractivity contribution in [2.24, 2.45) is 0 Å². The molecule has 1 N–H and O–H groups in total. The highest BCUT2D eigenvalue weighted by Gasteiger charge is 2.13. The summed E-state index contributed by atoms with van der Waals surface area (Å²) in [5, 5.41) is 2.66. The van der Waals surface area contributed by atoms with Gasteiger partial charge in [-0.05, 0) is 28.1 Å². The minimum Gasteiger partial charge on any atom is -0.320 e. The molecule has 0 aliphatic heterocycles. The van der Waals surface area contributed by atoms with Crippen molar-refractivity contribution in [3.8, 4) is 0 Å². The van der Waals surface area contributed by atoms with Gasteiger partial charge >= 0.3 is 0 Å². The van der Waals surface area contributed by atoms with Crippen molar-refractivity contribution in [1.29, 1.82) is 0 Å². The lowest BCUT2D eigenvalue weighted by molar-refractivity contribution is 0.102. The zero-order valence-electron chi connectivity index (χ0n) is 8.82. The number of carbonyl (C=O) groups excluding carboxylic acids is 1. The maximum atomic E-state index is 13.0. The Morgan fingerprint density at radius 2 is 2.00 bits per heavy atom. The molecule has 92 valence electrons. The van der Waals surface area contributed by atoms with E-state index in [1.807, 2.05) is 0 Å². The van der Waals surface area contributed by atoms with E-state index in [0.717, 1.165) is 6.07 Å². The summed E-state index contributed by atoms with van der Waals surface area (Å²) in [5.41, 5.74) is 0.580. The summed E-state index contributed by atoms with van der Waals surface area (Å²) in [6, 6.07) is 2.33. The van der Waals surface area contributed by atoms with E-state index in [0.29, 0.717) is 10.2 Å². The van der Waals surface area contributed by atoms with Crippen LogP contribution in [-0.2, 0) is 0 Å². The minimum absolute atomic E-state index is 0.104. The molecule has 0 atom stereocenters. The monoisotopic (exact) mass is 329 g/mol. The molecular formula is C11H6BrClFN3O. The molecule has 0 aliphatic carbocycles. The number of carbonyl (C=O) groups is 1. The van der Waals surface area contributed by atoms with Gasteiger partial charge in [0.15, 0.2) is 0 Å². The first-order valence-electron chi connectivity index (χ1n) is 4.79. The first-order chi connectivity index (χ1) is 8.58. The van der Waals surface area contributed by atoms with Gasteiger partial charge in [0.05, 0.1) is 16.3 Å². The molecule has 1 amide bonds. The number of halogens is 3. The predicted molar refractivity (Wildman–Crippen MR) is 69.1 cm³/mol. The minimum atomic E-state index is -0.493. The first-order valence-corrected chi connectivity index (χ1v) is 5.96. The number of hydrogen-bond acceptors (Lipinski definition) is 3. The summed E-state index contributed by atoms with van der Waals surface area (Å²) in [7, 11) is 0. The van der Waals surface area contributed by atoms with Crippen LogP contribution in [0.2, 0.25) is 5.02 Å². The summed E-state index contributed by atoms with van der Waals surface area (Å²) >= 11 is 8.98. The molecule has 18 heavy (non-hydrogen) atoms. The van der Waals surface area contributed by atoms with Gasteiger partial charge in [-0.1, -0.05) is 11.6 Å². The summed E-state index contributed by atoms with van der Waals surface area (Å²) in [6.07, 6.45) is 4.05. The van der Waals surface area contributed by atoms with Gasteiger partial charge in [0.25, 0.3) is 5.91 Å². The van der Waals surface area contributed by atoms with Crippen molar-refractivity contribution in [3.05, 3.63) is 51.7 Å². The predicted octanol–water partition coefficient (Wildman–Crippen LogP) is 3.28. The first kappa shape index (κ1) is 12.9. The molecule has 0 radical (unpaired) electrons. The summed E-state index contributed by atoms with van der Waals surface area (Å²) < 4.78 is 13.4. The third-order valence-corrected chi connectivity index (χ3v) is 2.99. The zero-order valence-corrected chi connectivity index (χ0v) is 11.2. The van der Waals surface area contributed by atoms with E-state index in [1.54, 1.807) is 0 Å². The number of nitrogens with zero attached hydrogens (tertiary/aromatic N) is 2. The van der Waals surface area contributed by atoms with Gasteiger partial charge in [0.2, 0.25) is 0 Å². The highest BCUT2D eigenvalue weighted by Crippen LogP contribution is 2.31. The zero-order chi connectivity index (χ0) is 13.1. The van der Waals surface area contributed by atoms with Gasteiger partial charge in [-0.15, -0.1) is 0 Å². The van der Waals surface area contributed by atoms with E-state index in [2.05, 4.69) is 31.2 Å². The summed E-state index contributed by atoms with van der Waals surface area (Å²) in [6.45, 7) is 0. The van der Waals surface area contributed by atoms with E-state index in [4.69, 9.17) is 11.6 Å². The summed E-state index contributed by atoms with van der Waals surface area (Å²) in [4.78, 5) is 19.3. The normalized spacial score (nSPS) is 10.2. The lowest BCUT2D eigenvalue weighted by Crippen LogP contribution is -2.13. The van der Waals surface area contributed by atoms with Gasteiger partial charge in [0, 0.05) is 16.9 Å². The van der Waals surface area contributed by atoms with Crippen molar-refractivity contribution >= 4 is 39.1 Å². The van der Waals surface area contributed by atoms with Crippen molar-refractivity contribution in [1.82, 2.24) is 9.97 Å². The molecule has 2 aromatic rings. The second kappa shape index (κ2) is 5.41. The van der Waals surface area contributed by atoms with Gasteiger partial charge < -0.3 is 5.32 Å². The molecule has 4 nitrogen and oxygen atoms in total. The molecule has 1 aromatic heterocycles. The maximum Gasteiger partial charge on any atom is 0.258 e. The fourth-order valence-electron chi connectivity index (χ4n) is 1.26. The van der Waals surface area contributed by atoms with Crippen LogP contribution in [0.25, 0.3) is 0 Å². The lowest BCUT2D eigenvalue weighted by Gasteiger charge is -2.09. The third-order valence-electron chi connectivity index (χ3n) is 2.07. The van der Waals surface area contributed by atoms with E-state index in [1.165, 1.54) is 24.8 Å². The molecular weight excluding hydrogens is 324 g/mol. The SMILES string of the molecule is O=C(Nc1c(Cl)cc(F)cc1Br)c1cncnc1. The average molecular weight is 331 g/mol. The topological polar surface area (TPSA) is 54.9 Å². The highest BCUT2D eigenvalue weighted by molar-refractivity contribution is 9.10. The van der Waals surface area contributed by atoms with Crippen LogP contribution < -0.4 is 5.32 Å². The number of nitrogens with one attached hydrogen (secondary N) is 1. The van der Waals surface area contributed by atoms with Gasteiger partial charge in [-0.2, -0.15) is 0 Å². The lowest BCUT2D eigenvalue weighted by atomic mass is 10.2. The summed E-state index contributed by atoms with van der Waals surface area (Å²) in [5.74, 6) is -0.919. The number of rotatable bonds is 2. The molecule has 0 unspecified atom stereocenters. The van der Waals surface area contributed by atoms with Crippen LogP contribution in [0.15, 0.2) is 35.3 Å². The van der Waals surface area contributed by atoms with Crippen LogP contribution in [0.5, 0.6) is 0 Å². The third kappa shape index (κ3) is 2.83. The number of amides is 1. The highest BCUT2D eigenvalue weighted by atomic mass is 79.9. The Labute approximate surface area is 115 Å². The molecule has 0 aliphatic rings. The second-order valence-electron chi connectivity index (χ2n) is 3.33. The van der Waals surface area contributed by atoms with Crippen LogP contribution in [-0.4, -0.2) is 15.9 Å². The van der Waals surface area contributed by atoms with Crippen LogP contribution in [0.3, 0.4) is 0 Å². The van der Waals surface area contributed by atoms with E-state index in [-0.39, 0.29) is 10.6 Å². The Morgan fingerprint density at radius 3 is 2.61 bits per heavy atom. The number of benzene rings is 1. The Morgan fingerprint density at radius 1 is 1.33 bits per heavy atom. The van der Waals surface area contributed by atoms with Crippen molar-refractivity contribution < 1.29 is 9.18 Å². The molecule has 0 bridgehead atoms. The molecule has 2 rings (SSSR count). The van der Waals surface area contributed by atoms with Crippen LogP contribution in [0.1, 0.15) is 10.4 Å². The van der Waals surface area contributed by atoms with Crippen LogP contribution in [0, 0.1) is 5.82 Å². The number of hydrogen-bond donors (Lipinski definition) is 1. The maximum absolute atomic E-state index is 13.0. The van der Waals surface area contributed by atoms with Gasteiger partial charge in [-0.25, -0.2) is 14.4 Å². The van der Waals surface area contributed by atoms with E-state index in [9.17, 15) is 9.18 Å². The molecule has 0 spiro atoms. The van der Waals surface area contributed by atoms with Gasteiger partial charge in [-0.3, -0.25) is 4.79 Å². The Balaban J connectivity index is 2.28. The van der Waals surface area contributed by atoms with Crippen molar-refractivity contribution in [3.63, 3.8) is 0 Å². The van der Waals surface area contributed by atoms with Gasteiger partial charge in [0.1, 0.15) is 12.1 Å². The molecule has 1 heterocycles. The molecule has 0 fully saturated rings. The quantitative estimate of drug-likeness (QED) is 0.919. The van der Waals surface area contributed by atoms with E-state index < -0.39 is 11.7 Å². The largest absolute Gasteiger partial charge is 0.320 e. The molecule has 0 saturated heterocycles. The van der Waals surface area contributed by atoms with Crippen molar-refractivity contribution in [2.45, 2.75) is 0 Å². The van der Waals surface area contributed by atoms with Crippen LogP contribution >= 0.6 is 27.5 Å². The standard InChI is InChI=1S/C11H6BrClFN3O/c12-8-1-7(14)2-9(13)10(8)17-11(18)6-3-15-5-16-4-6/h1-5H,(H,17,18). The average Bonchev–Trinajstić information content (AvgIpc) is 2.34. The molecule has 7 heteroatoms. The smallest absolute Gasteiger partial charge is 0.258 e. The Hall–Kier alpha value is -1.53. The van der Waals surface area contributed by atoms with Crippen molar-refractivity contribution in [2.75, 3.05) is 5.32 Å². The Bertz CT molecular complexity index is 571. The second-order valence-corrected chi connectivity index (χ2v) is 4.59. The number of anilines is 1. The fourth-order valence-corrected chi connectivity index (χ4v) is 2.16. The number of aromatic nitrogens is 2.